The molecule has 3 aromatic rings. The number of ether oxygens (including phenoxy) is 7. The van der Waals surface area contributed by atoms with Crippen LogP contribution in [0.5, 0.6) is 17.2 Å². The van der Waals surface area contributed by atoms with Crippen LogP contribution in [-0.2, 0) is 42.9 Å². The average molecular weight is 1080 g/mol. The van der Waals surface area contributed by atoms with Gasteiger partial charge in [0.05, 0.1) is 51.8 Å². The predicted octanol–water partition coefficient (Wildman–Crippen LogP) is 8.33. The first-order chi connectivity index (χ1) is 34.2. The smallest absolute Gasteiger partial charge is 0.459 e. The van der Waals surface area contributed by atoms with Gasteiger partial charge in [0, 0.05) is 18.5 Å². The Hall–Kier alpha value is -6.63. The van der Waals surface area contributed by atoms with Gasteiger partial charge in [-0.25, -0.2) is 44.3 Å². The van der Waals surface area contributed by atoms with Gasteiger partial charge in [0.15, 0.2) is 0 Å². The summed E-state index contributed by atoms with van der Waals surface area (Å²) in [4.78, 5) is 61.8. The Labute approximate surface area is 396 Å². The molecule has 0 unspecified atom stereocenters. The molecule has 0 saturated carbocycles. The fourth-order valence-corrected chi connectivity index (χ4v) is 6.08. The first-order valence-corrected chi connectivity index (χ1v) is 20.4. The van der Waals surface area contributed by atoms with Crippen molar-refractivity contribution in [1.29, 1.82) is 0 Å². The first kappa shape index (κ1) is 58.9. The lowest BCUT2D eigenvalue weighted by molar-refractivity contribution is -0.199. The van der Waals surface area contributed by atoms with E-state index in [2.05, 4.69) is 24.3 Å². The van der Waals surface area contributed by atoms with Crippen LogP contribution in [0, 0.1) is 87.3 Å². The number of unbranched alkanes of at least 4 members (excludes halogenated alkanes) is 3. The van der Waals surface area contributed by atoms with Crippen molar-refractivity contribution in [1.82, 2.24) is 5.32 Å². The highest BCUT2D eigenvalue weighted by atomic mass is 19.4. The Kier molecular flexibility index (Phi) is 20.9. The molecule has 1 amide bonds. The van der Waals surface area contributed by atoms with Crippen molar-refractivity contribution in [2.24, 2.45) is 0 Å². The van der Waals surface area contributed by atoms with Gasteiger partial charge in [0.25, 0.3) is 0 Å². The van der Waals surface area contributed by atoms with Gasteiger partial charge in [0.1, 0.15) is 12.2 Å². The van der Waals surface area contributed by atoms with E-state index in [4.69, 9.17) is 14.2 Å². The minimum atomic E-state index is -5.22. The van der Waals surface area contributed by atoms with Gasteiger partial charge in [-0.15, -0.1) is 0 Å². The molecule has 0 saturated heterocycles. The van der Waals surface area contributed by atoms with Gasteiger partial charge in [-0.3, -0.25) is 19.2 Å². The normalized spacial score (nSPS) is 15.7. The second kappa shape index (κ2) is 25.8. The minimum Gasteiger partial charge on any atom is -0.459 e. The third kappa shape index (κ3) is 15.0. The molecule has 3 aromatic carbocycles. The summed E-state index contributed by atoms with van der Waals surface area (Å²) >= 11 is 0. The van der Waals surface area contributed by atoms with E-state index in [1.54, 1.807) is 0 Å². The van der Waals surface area contributed by atoms with Gasteiger partial charge in [-0.05, 0) is 25.3 Å². The van der Waals surface area contributed by atoms with Crippen LogP contribution in [0.25, 0.3) is 0 Å². The van der Waals surface area contributed by atoms with Crippen LogP contribution in [0.3, 0.4) is 0 Å². The van der Waals surface area contributed by atoms with Crippen LogP contribution in [0.4, 0.5) is 79.0 Å². The lowest BCUT2D eigenvalue weighted by Crippen LogP contribution is -2.47. The number of carbonyl (C=O) groups is 5. The van der Waals surface area contributed by atoms with Gasteiger partial charge in [-0.2, -0.15) is 39.5 Å². The molecule has 31 heteroatoms. The van der Waals surface area contributed by atoms with Gasteiger partial charge >= 0.3 is 30.1 Å². The van der Waals surface area contributed by atoms with Crippen molar-refractivity contribution in [2.75, 3.05) is 33.0 Å². The number of benzene rings is 3. The van der Waals surface area contributed by atoms with Crippen LogP contribution in [0.2, 0.25) is 0 Å². The molecule has 0 bridgehead atoms. The molecule has 0 radical (unpaired) electrons. The zero-order chi connectivity index (χ0) is 54.6. The largest absolute Gasteiger partial charge is 0.490 e. The Morgan fingerprint density at radius 1 is 0.466 bits per heavy atom. The summed E-state index contributed by atoms with van der Waals surface area (Å²) in [6, 6.07) is 0. The highest BCUT2D eigenvalue weighted by molar-refractivity contribution is 5.93. The number of amides is 1. The summed E-state index contributed by atoms with van der Waals surface area (Å²) in [5.41, 5.74) is -0.340. The molecule has 1 N–H and O–H groups in total. The Balaban J connectivity index is 1.56. The summed E-state index contributed by atoms with van der Waals surface area (Å²) in [5.74, 6) is -52.9. The summed E-state index contributed by atoms with van der Waals surface area (Å²) < 4.78 is 279. The van der Waals surface area contributed by atoms with E-state index in [9.17, 15) is 103 Å². The summed E-state index contributed by atoms with van der Waals surface area (Å²) in [6.45, 7) is -3.75. The lowest BCUT2D eigenvalue weighted by Gasteiger charge is -2.36. The molecule has 0 aromatic heterocycles. The zero-order valence-corrected chi connectivity index (χ0v) is 36.2. The standard InChI is InChI=1S/C42H31F18NO12/c43-21-24(46)30(52)37(31(53)25(21)47)71-18(62)5-10-67-16-13-15(40(65)61-8-3-1-2-4-9-70-41(66)42(58,59)60)14-17(68-11-6-19(63)72-38-32(54)26(48)22(44)27(49)33(38)55)36(16)69-12-7-20(64)73-39-34(56)28(50)23(45)29(51)35(39)57/h13,16-17,36H,1-12,14H2,(H,61,65)/t16-,17-,36-/m1/s1. The molecular formula is C42H31F18NO12. The topological polar surface area (TPSA) is 162 Å². The second-order valence-corrected chi connectivity index (χ2v) is 14.6. The monoisotopic (exact) mass is 1080 g/mol. The molecule has 0 aliphatic heterocycles. The van der Waals surface area contributed by atoms with Crippen molar-refractivity contribution in [2.45, 2.75) is 75.9 Å². The fourth-order valence-electron chi connectivity index (χ4n) is 6.08. The second-order valence-electron chi connectivity index (χ2n) is 14.6. The van der Waals surface area contributed by atoms with Gasteiger partial charge < -0.3 is 38.5 Å². The van der Waals surface area contributed by atoms with Crippen molar-refractivity contribution in [3.05, 3.63) is 98.9 Å². The van der Waals surface area contributed by atoms with E-state index in [1.165, 1.54) is 0 Å². The summed E-state index contributed by atoms with van der Waals surface area (Å²) in [5, 5.41) is 2.43. The van der Waals surface area contributed by atoms with E-state index in [0.29, 0.717) is 0 Å². The third-order valence-electron chi connectivity index (χ3n) is 9.62. The molecule has 4 rings (SSSR count). The summed E-state index contributed by atoms with van der Waals surface area (Å²) in [6.07, 6.45) is -13.1. The molecule has 3 atom stereocenters. The molecule has 1 aliphatic rings. The lowest BCUT2D eigenvalue weighted by atomic mass is 9.91. The van der Waals surface area contributed by atoms with Crippen molar-refractivity contribution in [3.8, 4) is 17.2 Å². The fraction of sp³-hybridized carbons (Fsp3) is 0.405. The highest BCUT2D eigenvalue weighted by Gasteiger charge is 2.41. The number of rotatable bonds is 23. The highest BCUT2D eigenvalue weighted by Crippen LogP contribution is 2.33. The first-order valence-electron chi connectivity index (χ1n) is 20.4. The van der Waals surface area contributed by atoms with Crippen molar-refractivity contribution >= 4 is 29.8 Å². The molecule has 0 spiro atoms. The Bertz CT molecular complexity index is 2530. The molecule has 1 aliphatic carbocycles. The number of nitrogens with one attached hydrogen (secondary N) is 1. The van der Waals surface area contributed by atoms with E-state index in [1.807, 2.05) is 0 Å². The predicted molar refractivity (Wildman–Crippen MR) is 200 cm³/mol. The number of hydrogen-bond donors (Lipinski definition) is 1. The maximum absolute atomic E-state index is 14.2. The average Bonchev–Trinajstić information content (AvgIpc) is 3.34. The molecule has 402 valence electrons. The molecular weight excluding hydrogens is 1050 g/mol. The van der Waals surface area contributed by atoms with Crippen LogP contribution in [0.15, 0.2) is 11.6 Å². The SMILES string of the molecule is O=C(CCO[C@@H]1[C@H](OCCC(=O)Oc2c(F)c(F)c(F)c(F)c2F)C=C(C(=O)NCCCCCCOC(=O)C(F)(F)F)C[C@H]1OCCC(=O)Oc1c(F)c(F)c(F)c(F)c1F)Oc1c(F)c(F)c(F)c(F)c1F. The van der Waals surface area contributed by atoms with Gasteiger partial charge in [-0.1, -0.05) is 6.42 Å². The Morgan fingerprint density at radius 3 is 1.22 bits per heavy atom. The van der Waals surface area contributed by atoms with Crippen LogP contribution < -0.4 is 19.5 Å². The molecule has 73 heavy (non-hydrogen) atoms. The zero-order valence-electron chi connectivity index (χ0n) is 36.2. The number of carbonyl (C=O) groups excluding carboxylic acids is 5. The molecule has 0 fully saturated rings. The van der Waals surface area contributed by atoms with Crippen LogP contribution in [-0.4, -0.2) is 87.2 Å². The number of hydrogen-bond acceptors (Lipinski definition) is 12. The minimum absolute atomic E-state index is 0.0284. The maximum Gasteiger partial charge on any atom is 0.490 e. The molecule has 13 nitrogen and oxygen atoms in total. The number of alkyl halides is 3. The van der Waals surface area contributed by atoms with Crippen molar-refractivity contribution < 1.29 is 136 Å². The van der Waals surface area contributed by atoms with Crippen LogP contribution in [0.1, 0.15) is 51.4 Å². The number of esters is 4. The van der Waals surface area contributed by atoms with E-state index in [-0.39, 0.29) is 37.8 Å². The van der Waals surface area contributed by atoms with Gasteiger partial charge in [0.2, 0.25) is 110 Å². The molecule has 0 heterocycles. The maximum atomic E-state index is 14.2. The van der Waals surface area contributed by atoms with E-state index < -0.39 is 211 Å². The van der Waals surface area contributed by atoms with E-state index >= 15 is 0 Å². The third-order valence-corrected chi connectivity index (χ3v) is 9.62. The number of halogens is 18. The van der Waals surface area contributed by atoms with E-state index in [0.717, 1.165) is 6.08 Å². The summed E-state index contributed by atoms with van der Waals surface area (Å²) in [7, 11) is 0. The van der Waals surface area contributed by atoms with Crippen LogP contribution >= 0.6 is 0 Å². The Morgan fingerprint density at radius 2 is 0.822 bits per heavy atom. The quantitative estimate of drug-likeness (QED) is 0.0242. The van der Waals surface area contributed by atoms with Crippen molar-refractivity contribution in [3.63, 3.8) is 0 Å².